The predicted octanol–water partition coefficient (Wildman–Crippen LogP) is 3.93. The highest BCUT2D eigenvalue weighted by molar-refractivity contribution is 9.10. The molecular weight excluding hydrogens is 377 g/mol. The molecule has 0 aliphatic carbocycles. The van der Waals surface area contributed by atoms with E-state index in [1.54, 1.807) is 31.2 Å². The molecule has 126 valence electrons. The Balaban J connectivity index is 2.23. The average Bonchev–Trinajstić information content (AvgIpc) is 2.57. The van der Waals surface area contributed by atoms with Crippen LogP contribution >= 0.6 is 15.9 Å². The number of carbonyl (C=O) groups excluding carboxylic acids is 2. The second-order valence-electron chi connectivity index (χ2n) is 5.32. The summed E-state index contributed by atoms with van der Waals surface area (Å²) >= 11 is 3.34. The first-order valence-corrected chi connectivity index (χ1v) is 8.09. The lowest BCUT2D eigenvalue weighted by molar-refractivity contribution is -0.141. The number of halogens is 2. The Morgan fingerprint density at radius 2 is 1.88 bits per heavy atom. The predicted molar refractivity (Wildman–Crippen MR) is 92.1 cm³/mol. The van der Waals surface area contributed by atoms with Crippen LogP contribution in [0.15, 0.2) is 46.9 Å². The Morgan fingerprint density at radius 1 is 1.21 bits per heavy atom. The fourth-order valence-electron chi connectivity index (χ4n) is 2.17. The molecule has 0 aliphatic heterocycles. The standard InChI is InChI=1S/C18H17BrFNO3/c1-11-3-4-13(9-15(11)20)18(23)21-16(10-17(22)24-2)12-5-7-14(19)8-6-12/h3-9,16H,10H2,1-2H3,(H,21,23). The first-order valence-electron chi connectivity index (χ1n) is 7.30. The summed E-state index contributed by atoms with van der Waals surface area (Å²) in [6.45, 7) is 1.62. The van der Waals surface area contributed by atoms with Gasteiger partial charge in [-0.1, -0.05) is 34.1 Å². The van der Waals surface area contributed by atoms with Crippen LogP contribution < -0.4 is 5.32 Å². The minimum atomic E-state index is -0.567. The van der Waals surface area contributed by atoms with Crippen molar-refractivity contribution in [2.24, 2.45) is 0 Å². The maximum absolute atomic E-state index is 13.6. The summed E-state index contributed by atoms with van der Waals surface area (Å²) < 4.78 is 19.2. The van der Waals surface area contributed by atoms with Crippen molar-refractivity contribution >= 4 is 27.8 Å². The van der Waals surface area contributed by atoms with Gasteiger partial charge in [0.25, 0.3) is 5.91 Å². The van der Waals surface area contributed by atoms with E-state index in [4.69, 9.17) is 0 Å². The monoisotopic (exact) mass is 393 g/mol. The SMILES string of the molecule is COC(=O)CC(NC(=O)c1ccc(C)c(F)c1)c1ccc(Br)cc1. The van der Waals surface area contributed by atoms with Crippen molar-refractivity contribution in [3.63, 3.8) is 0 Å². The van der Waals surface area contributed by atoms with E-state index >= 15 is 0 Å². The molecule has 0 bridgehead atoms. The third kappa shape index (κ3) is 4.64. The zero-order valence-electron chi connectivity index (χ0n) is 13.3. The molecule has 0 saturated heterocycles. The van der Waals surface area contributed by atoms with Crippen LogP contribution in [-0.2, 0) is 9.53 Å². The lowest BCUT2D eigenvalue weighted by Crippen LogP contribution is -2.30. The molecule has 1 atom stereocenters. The summed E-state index contributed by atoms with van der Waals surface area (Å²) in [5.74, 6) is -1.35. The van der Waals surface area contributed by atoms with Gasteiger partial charge in [-0.3, -0.25) is 9.59 Å². The van der Waals surface area contributed by atoms with Crippen LogP contribution in [0, 0.1) is 12.7 Å². The first kappa shape index (κ1) is 18.1. The van der Waals surface area contributed by atoms with Crippen LogP contribution in [0.4, 0.5) is 4.39 Å². The molecule has 0 spiro atoms. The molecule has 2 rings (SSSR count). The van der Waals surface area contributed by atoms with Crippen molar-refractivity contribution in [2.75, 3.05) is 7.11 Å². The van der Waals surface area contributed by atoms with E-state index in [0.717, 1.165) is 10.0 Å². The summed E-state index contributed by atoms with van der Waals surface area (Å²) in [6, 6.07) is 10.9. The smallest absolute Gasteiger partial charge is 0.307 e. The topological polar surface area (TPSA) is 55.4 Å². The zero-order valence-corrected chi connectivity index (χ0v) is 14.9. The molecular formula is C18H17BrFNO3. The molecule has 2 aromatic rings. The van der Waals surface area contributed by atoms with E-state index in [-0.39, 0.29) is 12.0 Å². The van der Waals surface area contributed by atoms with E-state index in [2.05, 4.69) is 26.0 Å². The van der Waals surface area contributed by atoms with Crippen molar-refractivity contribution in [2.45, 2.75) is 19.4 Å². The summed E-state index contributed by atoms with van der Waals surface area (Å²) in [4.78, 5) is 24.0. The van der Waals surface area contributed by atoms with E-state index < -0.39 is 23.7 Å². The van der Waals surface area contributed by atoms with E-state index in [1.807, 2.05) is 12.1 Å². The summed E-state index contributed by atoms with van der Waals surface area (Å²) in [5.41, 5.74) is 1.42. The molecule has 1 N–H and O–H groups in total. The van der Waals surface area contributed by atoms with Crippen LogP contribution in [0.5, 0.6) is 0 Å². The number of esters is 1. The van der Waals surface area contributed by atoms with Crippen molar-refractivity contribution < 1.29 is 18.7 Å². The minimum absolute atomic E-state index is 0.0157. The normalized spacial score (nSPS) is 11.7. The molecule has 24 heavy (non-hydrogen) atoms. The lowest BCUT2D eigenvalue weighted by Gasteiger charge is -2.18. The van der Waals surface area contributed by atoms with Gasteiger partial charge in [-0.15, -0.1) is 0 Å². The Kier molecular flexibility index (Phi) is 6.09. The largest absolute Gasteiger partial charge is 0.469 e. The van der Waals surface area contributed by atoms with E-state index in [9.17, 15) is 14.0 Å². The summed E-state index contributed by atoms with van der Waals surface area (Å²) in [5, 5.41) is 2.76. The van der Waals surface area contributed by atoms with Gasteiger partial charge < -0.3 is 10.1 Å². The third-order valence-corrected chi connectivity index (χ3v) is 4.14. The number of rotatable bonds is 5. The number of hydrogen-bond acceptors (Lipinski definition) is 3. The molecule has 0 aliphatic rings. The van der Waals surface area contributed by atoms with Crippen LogP contribution in [0.25, 0.3) is 0 Å². The van der Waals surface area contributed by atoms with Gasteiger partial charge in [0.05, 0.1) is 19.6 Å². The molecule has 0 heterocycles. The van der Waals surface area contributed by atoms with E-state index in [0.29, 0.717) is 5.56 Å². The van der Waals surface area contributed by atoms with Gasteiger partial charge >= 0.3 is 5.97 Å². The zero-order chi connectivity index (χ0) is 17.7. The molecule has 0 saturated carbocycles. The highest BCUT2D eigenvalue weighted by atomic mass is 79.9. The van der Waals surface area contributed by atoms with Gasteiger partial charge in [0, 0.05) is 10.0 Å². The van der Waals surface area contributed by atoms with Crippen molar-refractivity contribution in [1.29, 1.82) is 0 Å². The molecule has 4 nitrogen and oxygen atoms in total. The number of carbonyl (C=O) groups is 2. The summed E-state index contributed by atoms with van der Waals surface area (Å²) in [6.07, 6.45) is -0.0157. The highest BCUT2D eigenvalue weighted by Crippen LogP contribution is 2.21. The Labute approximate surface area is 148 Å². The molecule has 0 radical (unpaired) electrons. The maximum Gasteiger partial charge on any atom is 0.307 e. The highest BCUT2D eigenvalue weighted by Gasteiger charge is 2.20. The molecule has 2 aromatic carbocycles. The van der Waals surface area contributed by atoms with Gasteiger partial charge in [-0.25, -0.2) is 4.39 Å². The van der Waals surface area contributed by atoms with Gasteiger partial charge in [-0.2, -0.15) is 0 Å². The number of hydrogen-bond donors (Lipinski definition) is 1. The number of aryl methyl sites for hydroxylation is 1. The number of ether oxygens (including phenoxy) is 1. The van der Waals surface area contributed by atoms with Gasteiger partial charge in [-0.05, 0) is 42.3 Å². The molecule has 6 heteroatoms. The molecule has 1 unspecified atom stereocenters. The van der Waals surface area contributed by atoms with Crippen molar-refractivity contribution in [3.8, 4) is 0 Å². The molecule has 0 aromatic heterocycles. The Hall–Kier alpha value is -2.21. The van der Waals surface area contributed by atoms with Crippen LogP contribution in [0.2, 0.25) is 0 Å². The van der Waals surface area contributed by atoms with Crippen LogP contribution in [0.3, 0.4) is 0 Å². The lowest BCUT2D eigenvalue weighted by atomic mass is 10.0. The van der Waals surface area contributed by atoms with E-state index in [1.165, 1.54) is 13.2 Å². The number of nitrogens with one attached hydrogen (secondary N) is 1. The average molecular weight is 394 g/mol. The summed E-state index contributed by atoms with van der Waals surface area (Å²) in [7, 11) is 1.29. The third-order valence-electron chi connectivity index (χ3n) is 3.61. The number of amides is 1. The molecule has 0 fully saturated rings. The van der Waals surface area contributed by atoms with Crippen molar-refractivity contribution in [1.82, 2.24) is 5.32 Å². The van der Waals surface area contributed by atoms with Gasteiger partial charge in [0.1, 0.15) is 5.82 Å². The quantitative estimate of drug-likeness (QED) is 0.782. The first-order chi connectivity index (χ1) is 11.4. The Bertz CT molecular complexity index is 746. The fourth-order valence-corrected chi connectivity index (χ4v) is 2.44. The second-order valence-corrected chi connectivity index (χ2v) is 6.24. The maximum atomic E-state index is 13.6. The second kappa shape index (κ2) is 8.06. The number of benzene rings is 2. The van der Waals surface area contributed by atoms with Gasteiger partial charge in [0.2, 0.25) is 0 Å². The van der Waals surface area contributed by atoms with Crippen LogP contribution in [-0.4, -0.2) is 19.0 Å². The van der Waals surface area contributed by atoms with Crippen molar-refractivity contribution in [3.05, 3.63) is 69.4 Å². The van der Waals surface area contributed by atoms with Gasteiger partial charge in [0.15, 0.2) is 0 Å². The van der Waals surface area contributed by atoms with Crippen LogP contribution in [0.1, 0.15) is 33.9 Å². The number of methoxy groups -OCH3 is 1. The molecule has 1 amide bonds. The fraction of sp³-hybridized carbons (Fsp3) is 0.222. The Morgan fingerprint density at radius 3 is 2.46 bits per heavy atom. The minimum Gasteiger partial charge on any atom is -0.469 e.